The number of fused-ring (bicyclic) bond motifs is 1. The molecule has 0 saturated carbocycles. The van der Waals surface area contributed by atoms with E-state index in [1.165, 1.54) is 12.1 Å². The van der Waals surface area contributed by atoms with Crippen molar-refractivity contribution in [3.63, 3.8) is 0 Å². The van der Waals surface area contributed by atoms with Gasteiger partial charge < -0.3 is 9.64 Å². The fourth-order valence-corrected chi connectivity index (χ4v) is 1.87. The molecule has 0 fully saturated rings. The van der Waals surface area contributed by atoms with Crippen LogP contribution in [-0.2, 0) is 0 Å². The normalized spacial score (nSPS) is 15.0. The Hall–Kier alpha value is -1.18. The van der Waals surface area contributed by atoms with Gasteiger partial charge in [-0.05, 0) is 24.5 Å². The maximum absolute atomic E-state index is 5.62. The van der Waals surface area contributed by atoms with Gasteiger partial charge in [0.2, 0.25) is 0 Å². The van der Waals surface area contributed by atoms with Crippen LogP contribution in [0.5, 0.6) is 5.75 Å². The van der Waals surface area contributed by atoms with Crippen LogP contribution in [0.4, 0.5) is 5.69 Å². The van der Waals surface area contributed by atoms with Crippen LogP contribution in [0.25, 0.3) is 0 Å². The molecule has 0 amide bonds. The Morgan fingerprint density at radius 2 is 2.13 bits per heavy atom. The van der Waals surface area contributed by atoms with Gasteiger partial charge in [0.15, 0.2) is 0 Å². The minimum atomic E-state index is 0.764. The Labute approximate surface area is 91.9 Å². The van der Waals surface area contributed by atoms with Gasteiger partial charge in [-0.1, -0.05) is 26.0 Å². The SMILES string of the molecule is CC(C)CCN1CCOc2ccccc21. The predicted octanol–water partition coefficient (Wildman–Crippen LogP) is 2.93. The number of benzene rings is 1. The van der Waals surface area contributed by atoms with E-state index in [1.54, 1.807) is 0 Å². The third-order valence-electron chi connectivity index (χ3n) is 2.80. The first kappa shape index (κ1) is 10.3. The van der Waals surface area contributed by atoms with Gasteiger partial charge in [0.25, 0.3) is 0 Å². The molecule has 0 spiro atoms. The fraction of sp³-hybridized carbons (Fsp3) is 0.538. The van der Waals surface area contributed by atoms with Crippen LogP contribution in [0.3, 0.4) is 0 Å². The van der Waals surface area contributed by atoms with Crippen molar-refractivity contribution in [1.82, 2.24) is 0 Å². The molecule has 2 heteroatoms. The van der Waals surface area contributed by atoms with Crippen molar-refractivity contribution in [1.29, 1.82) is 0 Å². The van der Waals surface area contributed by atoms with Gasteiger partial charge in [0.05, 0.1) is 12.2 Å². The molecule has 0 bridgehead atoms. The molecule has 0 aromatic heterocycles. The van der Waals surface area contributed by atoms with Crippen molar-refractivity contribution in [2.24, 2.45) is 5.92 Å². The molecule has 2 rings (SSSR count). The first-order chi connectivity index (χ1) is 7.27. The summed E-state index contributed by atoms with van der Waals surface area (Å²) in [5, 5.41) is 0. The van der Waals surface area contributed by atoms with Crippen LogP contribution in [0.15, 0.2) is 24.3 Å². The molecule has 0 atom stereocenters. The van der Waals surface area contributed by atoms with Crippen molar-refractivity contribution >= 4 is 5.69 Å². The number of para-hydroxylation sites is 2. The molecular formula is C13H19NO. The summed E-state index contributed by atoms with van der Waals surface area (Å²) < 4.78 is 5.62. The Balaban J connectivity index is 2.08. The third kappa shape index (κ3) is 2.44. The summed E-state index contributed by atoms with van der Waals surface area (Å²) in [4.78, 5) is 2.43. The second-order valence-electron chi connectivity index (χ2n) is 4.49. The topological polar surface area (TPSA) is 12.5 Å². The molecule has 1 aromatic carbocycles. The van der Waals surface area contributed by atoms with Gasteiger partial charge in [0.1, 0.15) is 12.4 Å². The average Bonchev–Trinajstić information content (AvgIpc) is 2.26. The maximum Gasteiger partial charge on any atom is 0.142 e. The lowest BCUT2D eigenvalue weighted by atomic mass is 10.1. The molecule has 1 aromatic rings. The van der Waals surface area contributed by atoms with Crippen molar-refractivity contribution in [3.8, 4) is 5.75 Å². The first-order valence-corrected chi connectivity index (χ1v) is 5.74. The summed E-state index contributed by atoms with van der Waals surface area (Å²) in [6.45, 7) is 7.51. The van der Waals surface area contributed by atoms with Crippen LogP contribution in [0, 0.1) is 5.92 Å². The molecule has 0 aliphatic carbocycles. The van der Waals surface area contributed by atoms with Crippen LogP contribution in [-0.4, -0.2) is 19.7 Å². The maximum atomic E-state index is 5.62. The highest BCUT2D eigenvalue weighted by atomic mass is 16.5. The van der Waals surface area contributed by atoms with E-state index < -0.39 is 0 Å². The molecule has 1 aliphatic heterocycles. The van der Waals surface area contributed by atoms with E-state index in [0.717, 1.165) is 31.4 Å². The number of ether oxygens (including phenoxy) is 1. The van der Waals surface area contributed by atoms with Crippen molar-refractivity contribution < 1.29 is 4.74 Å². The zero-order chi connectivity index (χ0) is 10.7. The summed E-state index contributed by atoms with van der Waals surface area (Å²) >= 11 is 0. The van der Waals surface area contributed by atoms with E-state index in [2.05, 4.69) is 36.9 Å². The van der Waals surface area contributed by atoms with Crippen LogP contribution in [0.1, 0.15) is 20.3 Å². The van der Waals surface area contributed by atoms with E-state index in [1.807, 2.05) is 6.07 Å². The number of rotatable bonds is 3. The highest BCUT2D eigenvalue weighted by Crippen LogP contribution is 2.31. The zero-order valence-corrected chi connectivity index (χ0v) is 9.57. The number of hydrogen-bond donors (Lipinski definition) is 0. The largest absolute Gasteiger partial charge is 0.490 e. The van der Waals surface area contributed by atoms with Crippen molar-refractivity contribution in [3.05, 3.63) is 24.3 Å². The zero-order valence-electron chi connectivity index (χ0n) is 9.57. The van der Waals surface area contributed by atoms with Crippen LogP contribution in [0.2, 0.25) is 0 Å². The van der Waals surface area contributed by atoms with Gasteiger partial charge in [-0.25, -0.2) is 0 Å². The molecule has 1 aliphatic rings. The van der Waals surface area contributed by atoms with Gasteiger partial charge in [0, 0.05) is 6.54 Å². The molecule has 0 radical (unpaired) electrons. The van der Waals surface area contributed by atoms with Crippen LogP contribution < -0.4 is 9.64 Å². The van der Waals surface area contributed by atoms with E-state index in [4.69, 9.17) is 4.74 Å². The molecule has 2 nitrogen and oxygen atoms in total. The highest BCUT2D eigenvalue weighted by Gasteiger charge is 2.16. The lowest BCUT2D eigenvalue weighted by molar-refractivity contribution is 0.306. The molecule has 82 valence electrons. The van der Waals surface area contributed by atoms with Gasteiger partial charge >= 0.3 is 0 Å². The monoisotopic (exact) mass is 205 g/mol. The highest BCUT2D eigenvalue weighted by molar-refractivity contribution is 5.59. The minimum Gasteiger partial charge on any atom is -0.490 e. The number of nitrogens with zero attached hydrogens (tertiary/aromatic N) is 1. The lowest BCUT2D eigenvalue weighted by Crippen LogP contribution is -2.33. The van der Waals surface area contributed by atoms with E-state index in [-0.39, 0.29) is 0 Å². The third-order valence-corrected chi connectivity index (χ3v) is 2.80. The molecule has 0 unspecified atom stereocenters. The summed E-state index contributed by atoms with van der Waals surface area (Å²) in [6, 6.07) is 8.31. The second kappa shape index (κ2) is 4.56. The Kier molecular flexibility index (Phi) is 3.14. The van der Waals surface area contributed by atoms with Gasteiger partial charge in [-0.2, -0.15) is 0 Å². The Morgan fingerprint density at radius 3 is 2.93 bits per heavy atom. The Morgan fingerprint density at radius 1 is 1.33 bits per heavy atom. The molecule has 0 saturated heterocycles. The first-order valence-electron chi connectivity index (χ1n) is 5.74. The van der Waals surface area contributed by atoms with Gasteiger partial charge in [-0.15, -0.1) is 0 Å². The molecule has 0 N–H and O–H groups in total. The smallest absolute Gasteiger partial charge is 0.142 e. The quantitative estimate of drug-likeness (QED) is 0.752. The Bertz CT molecular complexity index is 322. The molecule has 1 heterocycles. The fourth-order valence-electron chi connectivity index (χ4n) is 1.87. The molecule has 15 heavy (non-hydrogen) atoms. The standard InChI is InChI=1S/C13H19NO/c1-11(2)7-8-14-9-10-15-13-6-4-3-5-12(13)14/h3-6,11H,7-10H2,1-2H3. The predicted molar refractivity (Wildman–Crippen MR) is 63.6 cm³/mol. The van der Waals surface area contributed by atoms with Crippen molar-refractivity contribution in [2.75, 3.05) is 24.6 Å². The summed E-state index contributed by atoms with van der Waals surface area (Å²) in [6.07, 6.45) is 1.24. The van der Waals surface area contributed by atoms with E-state index >= 15 is 0 Å². The molecular weight excluding hydrogens is 186 g/mol. The summed E-state index contributed by atoms with van der Waals surface area (Å²) in [5.41, 5.74) is 1.25. The summed E-state index contributed by atoms with van der Waals surface area (Å²) in [5.74, 6) is 1.80. The average molecular weight is 205 g/mol. The van der Waals surface area contributed by atoms with Crippen LogP contribution >= 0.6 is 0 Å². The van der Waals surface area contributed by atoms with E-state index in [0.29, 0.717) is 0 Å². The number of hydrogen-bond acceptors (Lipinski definition) is 2. The number of anilines is 1. The van der Waals surface area contributed by atoms with Crippen molar-refractivity contribution in [2.45, 2.75) is 20.3 Å². The van der Waals surface area contributed by atoms with Gasteiger partial charge in [-0.3, -0.25) is 0 Å². The second-order valence-corrected chi connectivity index (χ2v) is 4.49. The minimum absolute atomic E-state index is 0.764. The lowest BCUT2D eigenvalue weighted by Gasteiger charge is -2.31. The summed E-state index contributed by atoms with van der Waals surface area (Å²) in [7, 11) is 0. The van der Waals surface area contributed by atoms with E-state index in [9.17, 15) is 0 Å².